The topological polar surface area (TPSA) is 126 Å². The molecule has 10 nitrogen and oxygen atoms in total. The SMILES string of the molecule is CC(C)C(N)C(=O)N1CCCC1C(=O)N[C@@H](CC(=O)N1CCn2c(nnc2C(C)(F)F)C1)Cc1cc(F)c(F)cc1F. The molecule has 1 fully saturated rings. The molecule has 3 amide bonds. The predicted molar refractivity (Wildman–Crippen MR) is 139 cm³/mol. The highest BCUT2D eigenvalue weighted by molar-refractivity contribution is 5.91. The second-order valence-electron chi connectivity index (χ2n) is 11.2. The number of nitrogens with zero attached hydrogens (tertiary/aromatic N) is 5. The van der Waals surface area contributed by atoms with Gasteiger partial charge in [0.05, 0.1) is 12.6 Å². The van der Waals surface area contributed by atoms with Gasteiger partial charge in [0, 0.05) is 45.1 Å². The van der Waals surface area contributed by atoms with Crippen molar-refractivity contribution in [1.82, 2.24) is 29.9 Å². The van der Waals surface area contributed by atoms with Crippen LogP contribution in [0.4, 0.5) is 22.0 Å². The second-order valence-corrected chi connectivity index (χ2v) is 11.2. The van der Waals surface area contributed by atoms with E-state index < -0.39 is 65.0 Å². The van der Waals surface area contributed by atoms with E-state index in [1.807, 2.05) is 0 Å². The van der Waals surface area contributed by atoms with Gasteiger partial charge in [0.1, 0.15) is 11.9 Å². The first-order valence-electron chi connectivity index (χ1n) is 13.7. The number of alkyl halides is 2. The Labute approximate surface area is 239 Å². The van der Waals surface area contributed by atoms with Gasteiger partial charge in [0.15, 0.2) is 17.5 Å². The molecule has 2 aliphatic rings. The predicted octanol–water partition coefficient (Wildman–Crippen LogP) is 2.24. The highest BCUT2D eigenvalue weighted by Crippen LogP contribution is 2.28. The molecule has 3 heterocycles. The largest absolute Gasteiger partial charge is 0.351 e. The quantitative estimate of drug-likeness (QED) is 0.337. The highest BCUT2D eigenvalue weighted by Gasteiger charge is 2.39. The number of amides is 3. The number of nitrogens with one attached hydrogen (secondary N) is 1. The van der Waals surface area contributed by atoms with Gasteiger partial charge in [0.2, 0.25) is 23.5 Å². The zero-order valence-corrected chi connectivity index (χ0v) is 23.5. The van der Waals surface area contributed by atoms with E-state index in [2.05, 4.69) is 15.5 Å². The summed E-state index contributed by atoms with van der Waals surface area (Å²) < 4.78 is 71.0. The van der Waals surface area contributed by atoms with Crippen molar-refractivity contribution in [2.75, 3.05) is 13.1 Å². The average Bonchev–Trinajstić information content (AvgIpc) is 3.58. The van der Waals surface area contributed by atoms with Crippen LogP contribution in [0.3, 0.4) is 0 Å². The Morgan fingerprint density at radius 2 is 1.76 bits per heavy atom. The molecule has 42 heavy (non-hydrogen) atoms. The number of carbonyl (C=O) groups is 3. The maximum Gasteiger partial charge on any atom is 0.304 e. The third kappa shape index (κ3) is 6.71. The van der Waals surface area contributed by atoms with Crippen molar-refractivity contribution in [3.05, 3.63) is 46.8 Å². The number of nitrogens with two attached hydrogens (primary N) is 1. The van der Waals surface area contributed by atoms with E-state index in [9.17, 15) is 36.3 Å². The lowest BCUT2D eigenvalue weighted by Gasteiger charge is -2.31. The molecule has 230 valence electrons. The minimum Gasteiger partial charge on any atom is -0.351 e. The van der Waals surface area contributed by atoms with Crippen molar-refractivity contribution in [3.63, 3.8) is 0 Å². The van der Waals surface area contributed by atoms with E-state index in [1.165, 1.54) is 14.4 Å². The summed E-state index contributed by atoms with van der Waals surface area (Å²) in [5.41, 5.74) is 5.76. The number of likely N-dealkylation sites (tertiary alicyclic amines) is 1. The molecule has 0 aliphatic carbocycles. The van der Waals surface area contributed by atoms with E-state index in [-0.39, 0.29) is 49.8 Å². The van der Waals surface area contributed by atoms with Crippen molar-refractivity contribution < 1.29 is 36.3 Å². The van der Waals surface area contributed by atoms with Crippen molar-refractivity contribution in [2.45, 2.75) is 83.6 Å². The van der Waals surface area contributed by atoms with Crippen molar-refractivity contribution in [1.29, 1.82) is 0 Å². The molecule has 2 aliphatic heterocycles. The van der Waals surface area contributed by atoms with Crippen LogP contribution in [-0.4, -0.2) is 73.5 Å². The summed E-state index contributed by atoms with van der Waals surface area (Å²) in [7, 11) is 0. The standard InChI is InChI=1S/C27H34F5N7O3/c1-14(2)23(33)25(42)38-6-4-5-20(38)24(41)34-16(9-15-10-18(29)19(30)12-17(15)28)11-22(40)37-7-8-39-21(13-37)35-36-26(39)27(3,31)32/h10,12,14,16,20,23H,4-9,11,13,33H2,1-3H3,(H,34,41)/t16-,20?,23?/m1/s1. The lowest BCUT2D eigenvalue weighted by atomic mass is 10.0. The van der Waals surface area contributed by atoms with Crippen LogP contribution in [-0.2, 0) is 39.8 Å². The summed E-state index contributed by atoms with van der Waals surface area (Å²) in [5.74, 6) is -8.99. The van der Waals surface area contributed by atoms with Gasteiger partial charge in [-0.1, -0.05) is 13.8 Å². The van der Waals surface area contributed by atoms with Gasteiger partial charge >= 0.3 is 5.92 Å². The van der Waals surface area contributed by atoms with Gasteiger partial charge < -0.3 is 25.4 Å². The highest BCUT2D eigenvalue weighted by atomic mass is 19.3. The molecule has 0 spiro atoms. The van der Waals surface area contributed by atoms with Crippen LogP contribution in [0, 0.1) is 23.4 Å². The van der Waals surface area contributed by atoms with Gasteiger partial charge in [-0.05, 0) is 36.8 Å². The molecule has 3 N–H and O–H groups in total. The molecule has 3 atom stereocenters. The zero-order chi connectivity index (χ0) is 30.9. The van der Waals surface area contributed by atoms with Gasteiger partial charge in [-0.15, -0.1) is 10.2 Å². The Hall–Kier alpha value is -3.62. The Bertz CT molecular complexity index is 1350. The number of fused-ring (bicyclic) bond motifs is 1. The minimum absolute atomic E-state index is 0.0108. The molecule has 2 aromatic rings. The molecule has 4 rings (SSSR count). The number of rotatable bonds is 9. The van der Waals surface area contributed by atoms with E-state index in [0.29, 0.717) is 38.4 Å². The number of hydrogen-bond acceptors (Lipinski definition) is 6. The number of aromatic nitrogens is 3. The molecule has 0 radical (unpaired) electrons. The van der Waals surface area contributed by atoms with Crippen LogP contribution in [0.2, 0.25) is 0 Å². The first-order chi connectivity index (χ1) is 19.7. The lowest BCUT2D eigenvalue weighted by molar-refractivity contribution is -0.141. The Balaban J connectivity index is 1.53. The van der Waals surface area contributed by atoms with Crippen molar-refractivity contribution >= 4 is 17.7 Å². The molecule has 1 saturated heterocycles. The van der Waals surface area contributed by atoms with Crippen LogP contribution >= 0.6 is 0 Å². The summed E-state index contributed by atoms with van der Waals surface area (Å²) in [5, 5.41) is 10.0. The summed E-state index contributed by atoms with van der Waals surface area (Å²) in [4.78, 5) is 42.3. The van der Waals surface area contributed by atoms with Crippen LogP contribution in [0.25, 0.3) is 0 Å². The smallest absolute Gasteiger partial charge is 0.304 e. The van der Waals surface area contributed by atoms with Gasteiger partial charge in [-0.2, -0.15) is 8.78 Å². The average molecular weight is 600 g/mol. The van der Waals surface area contributed by atoms with Crippen molar-refractivity contribution in [3.8, 4) is 0 Å². The van der Waals surface area contributed by atoms with E-state index in [4.69, 9.17) is 5.73 Å². The molecule has 0 saturated carbocycles. The van der Waals surface area contributed by atoms with Crippen LogP contribution in [0.15, 0.2) is 12.1 Å². The van der Waals surface area contributed by atoms with Crippen LogP contribution < -0.4 is 11.1 Å². The maximum atomic E-state index is 14.6. The molecule has 2 unspecified atom stereocenters. The van der Waals surface area contributed by atoms with E-state index in [0.717, 1.165) is 0 Å². The number of carbonyl (C=O) groups excluding carboxylic acids is 3. The van der Waals surface area contributed by atoms with Gasteiger partial charge in [-0.3, -0.25) is 14.4 Å². The lowest BCUT2D eigenvalue weighted by Crippen LogP contribution is -2.54. The van der Waals surface area contributed by atoms with E-state index in [1.54, 1.807) is 13.8 Å². The molecule has 1 aromatic carbocycles. The Morgan fingerprint density at radius 1 is 1.07 bits per heavy atom. The van der Waals surface area contributed by atoms with Crippen LogP contribution in [0.5, 0.6) is 0 Å². The fraction of sp³-hybridized carbons (Fsp3) is 0.593. The molecule has 1 aromatic heterocycles. The third-order valence-electron chi connectivity index (χ3n) is 7.66. The number of benzene rings is 1. The first kappa shape index (κ1) is 31.3. The van der Waals surface area contributed by atoms with Crippen molar-refractivity contribution in [2.24, 2.45) is 11.7 Å². The summed E-state index contributed by atoms with van der Waals surface area (Å²) in [6.45, 7) is 4.50. The normalized spacial score (nSPS) is 18.7. The third-order valence-corrected chi connectivity index (χ3v) is 7.66. The number of halogens is 5. The first-order valence-corrected chi connectivity index (χ1v) is 13.7. The second kappa shape index (κ2) is 12.3. The van der Waals surface area contributed by atoms with Gasteiger partial charge in [0.25, 0.3) is 0 Å². The number of hydrogen-bond donors (Lipinski definition) is 2. The fourth-order valence-electron chi connectivity index (χ4n) is 5.27. The Kier molecular flexibility index (Phi) is 9.18. The molecular weight excluding hydrogens is 565 g/mol. The van der Waals surface area contributed by atoms with Crippen LogP contribution in [0.1, 0.15) is 57.2 Å². The van der Waals surface area contributed by atoms with Gasteiger partial charge in [-0.25, -0.2) is 13.2 Å². The molecule has 15 heteroatoms. The molecule has 0 bridgehead atoms. The zero-order valence-electron chi connectivity index (χ0n) is 23.5. The fourth-order valence-corrected chi connectivity index (χ4v) is 5.27. The summed E-state index contributed by atoms with van der Waals surface area (Å²) in [6.07, 6.45) is 0.155. The summed E-state index contributed by atoms with van der Waals surface area (Å²) >= 11 is 0. The Morgan fingerprint density at radius 3 is 2.43 bits per heavy atom. The van der Waals surface area contributed by atoms with E-state index >= 15 is 0 Å². The maximum absolute atomic E-state index is 14.6. The monoisotopic (exact) mass is 599 g/mol. The summed E-state index contributed by atoms with van der Waals surface area (Å²) in [6, 6.07) is -1.72. The molecular formula is C27H34F5N7O3. The minimum atomic E-state index is -3.23.